The smallest absolute Gasteiger partial charge is 0.310 e. The molecule has 1 amide bonds. The fourth-order valence-electron chi connectivity index (χ4n) is 2.79. The van der Waals surface area contributed by atoms with E-state index >= 15 is 0 Å². The third kappa shape index (κ3) is 3.48. The van der Waals surface area contributed by atoms with Gasteiger partial charge in [0, 0.05) is 25.4 Å². The largest absolute Gasteiger partial charge is 0.460 e. The number of hydrogen-bond acceptors (Lipinski definition) is 4. The molecule has 1 heterocycles. The summed E-state index contributed by atoms with van der Waals surface area (Å²) in [7, 11) is 1.83. The zero-order valence-electron chi connectivity index (χ0n) is 14.1. The molecular weight excluding hydrogens is 282 g/mol. The van der Waals surface area contributed by atoms with Crippen molar-refractivity contribution in [2.45, 2.75) is 46.8 Å². The summed E-state index contributed by atoms with van der Waals surface area (Å²) in [5.41, 5.74) is 0.0385. The Balaban J connectivity index is 1.94. The van der Waals surface area contributed by atoms with Gasteiger partial charge in [-0.25, -0.2) is 0 Å². The third-order valence-electron chi connectivity index (χ3n) is 4.00. The Bertz CT molecular complexity index is 584. The van der Waals surface area contributed by atoms with Crippen molar-refractivity contribution in [1.29, 1.82) is 0 Å². The summed E-state index contributed by atoms with van der Waals surface area (Å²) in [6.45, 7) is 9.76. The summed E-state index contributed by atoms with van der Waals surface area (Å²) in [5, 5.41) is 6.94. The van der Waals surface area contributed by atoms with Gasteiger partial charge in [-0.05, 0) is 26.2 Å². The summed E-state index contributed by atoms with van der Waals surface area (Å²) in [4.78, 5) is 24.5. The molecule has 0 saturated heterocycles. The van der Waals surface area contributed by atoms with E-state index in [1.807, 2.05) is 47.9 Å². The van der Waals surface area contributed by atoms with Crippen molar-refractivity contribution in [3.63, 3.8) is 0 Å². The minimum absolute atomic E-state index is 0.107. The van der Waals surface area contributed by atoms with E-state index in [0.29, 0.717) is 6.54 Å². The maximum absolute atomic E-state index is 12.3. The van der Waals surface area contributed by atoms with Gasteiger partial charge in [-0.3, -0.25) is 14.3 Å². The second-order valence-electron chi connectivity index (χ2n) is 7.55. The number of esters is 1. The minimum Gasteiger partial charge on any atom is -0.460 e. The van der Waals surface area contributed by atoms with Crippen LogP contribution >= 0.6 is 0 Å². The molecule has 0 unspecified atom stereocenters. The zero-order valence-corrected chi connectivity index (χ0v) is 14.1. The molecule has 6 nitrogen and oxygen atoms in total. The standard InChI is InChI=1S/C16H25N3O3/c1-15(2,3)22-14(21)12-11(16(12,4)5)13(20)17-7-10-8-18-19(6)9-10/h8-9,11-12H,7H2,1-6H3,(H,17,20)/t11-,12+/m0/s1. The van der Waals surface area contributed by atoms with E-state index in [-0.39, 0.29) is 29.1 Å². The number of nitrogens with zero attached hydrogens (tertiary/aromatic N) is 2. The van der Waals surface area contributed by atoms with Crippen LogP contribution in [0.25, 0.3) is 0 Å². The molecule has 0 aliphatic heterocycles. The van der Waals surface area contributed by atoms with Gasteiger partial charge in [0.25, 0.3) is 0 Å². The topological polar surface area (TPSA) is 73.2 Å². The number of rotatable bonds is 4. The first-order chi connectivity index (χ1) is 10.0. The summed E-state index contributed by atoms with van der Waals surface area (Å²) >= 11 is 0. The molecule has 122 valence electrons. The maximum Gasteiger partial charge on any atom is 0.310 e. The van der Waals surface area contributed by atoms with Crippen LogP contribution in [0.2, 0.25) is 0 Å². The van der Waals surface area contributed by atoms with Crippen molar-refractivity contribution < 1.29 is 14.3 Å². The van der Waals surface area contributed by atoms with Crippen LogP contribution in [0.15, 0.2) is 12.4 Å². The lowest BCUT2D eigenvalue weighted by Gasteiger charge is -2.19. The van der Waals surface area contributed by atoms with Crippen LogP contribution in [0, 0.1) is 17.3 Å². The van der Waals surface area contributed by atoms with Crippen LogP contribution in [0.3, 0.4) is 0 Å². The van der Waals surface area contributed by atoms with Gasteiger partial charge < -0.3 is 10.1 Å². The fourth-order valence-corrected chi connectivity index (χ4v) is 2.79. The SMILES string of the molecule is Cn1cc(CNC(=O)[C@@H]2[C@H](C(=O)OC(C)(C)C)C2(C)C)cn1. The van der Waals surface area contributed by atoms with Crippen LogP contribution in [-0.2, 0) is 27.9 Å². The van der Waals surface area contributed by atoms with Gasteiger partial charge in [-0.2, -0.15) is 5.10 Å². The van der Waals surface area contributed by atoms with E-state index < -0.39 is 5.60 Å². The molecule has 1 aliphatic rings. The Hall–Kier alpha value is -1.85. The molecule has 0 aromatic carbocycles. The second kappa shape index (κ2) is 5.41. The number of amides is 1. The van der Waals surface area contributed by atoms with Crippen LogP contribution in [0.4, 0.5) is 0 Å². The molecule has 1 N–H and O–H groups in total. The molecule has 1 aromatic rings. The highest BCUT2D eigenvalue weighted by molar-refractivity contribution is 5.92. The number of aromatic nitrogens is 2. The van der Waals surface area contributed by atoms with Crippen LogP contribution < -0.4 is 5.32 Å². The van der Waals surface area contributed by atoms with Gasteiger partial charge in [-0.15, -0.1) is 0 Å². The first-order valence-corrected chi connectivity index (χ1v) is 7.50. The Morgan fingerprint density at radius 2 is 2.00 bits per heavy atom. The molecule has 1 aliphatic carbocycles. The third-order valence-corrected chi connectivity index (χ3v) is 4.00. The summed E-state index contributed by atoms with van der Waals surface area (Å²) in [6.07, 6.45) is 3.56. The highest BCUT2D eigenvalue weighted by atomic mass is 16.6. The molecular formula is C16H25N3O3. The minimum atomic E-state index is -0.535. The van der Waals surface area contributed by atoms with Gasteiger partial charge in [0.1, 0.15) is 5.60 Å². The predicted octanol–water partition coefficient (Wildman–Crippen LogP) is 1.65. The number of hydrogen-bond donors (Lipinski definition) is 1. The Kier molecular flexibility index (Phi) is 4.06. The Morgan fingerprint density at radius 1 is 1.36 bits per heavy atom. The lowest BCUT2D eigenvalue weighted by molar-refractivity contribution is -0.158. The Labute approximate surface area is 131 Å². The summed E-state index contributed by atoms with van der Waals surface area (Å²) < 4.78 is 7.10. The fraction of sp³-hybridized carbons (Fsp3) is 0.688. The molecule has 1 saturated carbocycles. The lowest BCUT2D eigenvalue weighted by atomic mass is 10.1. The van der Waals surface area contributed by atoms with Crippen LogP contribution in [0.1, 0.15) is 40.2 Å². The van der Waals surface area contributed by atoms with Gasteiger partial charge in [-0.1, -0.05) is 13.8 Å². The predicted molar refractivity (Wildman–Crippen MR) is 81.7 cm³/mol. The van der Waals surface area contributed by atoms with Crippen molar-refractivity contribution in [2.24, 2.45) is 24.3 Å². The molecule has 0 radical (unpaired) electrons. The van der Waals surface area contributed by atoms with Crippen molar-refractivity contribution >= 4 is 11.9 Å². The van der Waals surface area contributed by atoms with Crippen molar-refractivity contribution in [3.8, 4) is 0 Å². The summed E-state index contributed by atoms with van der Waals surface area (Å²) in [5.74, 6) is -1.11. The first-order valence-electron chi connectivity index (χ1n) is 7.50. The van der Waals surface area contributed by atoms with Crippen molar-refractivity contribution in [3.05, 3.63) is 18.0 Å². The average molecular weight is 307 g/mol. The van der Waals surface area contributed by atoms with E-state index in [1.54, 1.807) is 10.9 Å². The van der Waals surface area contributed by atoms with E-state index in [2.05, 4.69) is 10.4 Å². The zero-order chi connectivity index (χ0) is 16.7. The molecule has 2 rings (SSSR count). The van der Waals surface area contributed by atoms with E-state index in [4.69, 9.17) is 4.74 Å². The lowest BCUT2D eigenvalue weighted by Crippen LogP contribution is -2.28. The van der Waals surface area contributed by atoms with Crippen molar-refractivity contribution in [1.82, 2.24) is 15.1 Å². The monoisotopic (exact) mass is 307 g/mol. The quantitative estimate of drug-likeness (QED) is 0.858. The van der Waals surface area contributed by atoms with E-state index in [0.717, 1.165) is 5.56 Å². The Morgan fingerprint density at radius 3 is 2.50 bits per heavy atom. The molecule has 0 spiro atoms. The molecule has 6 heteroatoms. The molecule has 1 aromatic heterocycles. The number of carbonyl (C=O) groups excluding carboxylic acids is 2. The van der Waals surface area contributed by atoms with E-state index in [9.17, 15) is 9.59 Å². The number of ether oxygens (including phenoxy) is 1. The average Bonchev–Trinajstić information content (AvgIpc) is 2.71. The second-order valence-corrected chi connectivity index (χ2v) is 7.55. The normalized spacial score (nSPS) is 23.0. The maximum atomic E-state index is 12.3. The highest BCUT2D eigenvalue weighted by Crippen LogP contribution is 2.59. The number of nitrogens with one attached hydrogen (secondary N) is 1. The van der Waals surface area contributed by atoms with Crippen molar-refractivity contribution in [2.75, 3.05) is 0 Å². The van der Waals surface area contributed by atoms with Gasteiger partial charge in [0.15, 0.2) is 0 Å². The van der Waals surface area contributed by atoms with Gasteiger partial charge >= 0.3 is 5.97 Å². The molecule has 1 fully saturated rings. The molecule has 0 bridgehead atoms. The van der Waals surface area contributed by atoms with Crippen LogP contribution in [0.5, 0.6) is 0 Å². The molecule has 2 atom stereocenters. The number of aryl methyl sites for hydroxylation is 1. The van der Waals surface area contributed by atoms with Crippen LogP contribution in [-0.4, -0.2) is 27.3 Å². The van der Waals surface area contributed by atoms with E-state index in [1.165, 1.54) is 0 Å². The highest BCUT2D eigenvalue weighted by Gasteiger charge is 2.66. The number of carbonyl (C=O) groups is 2. The van der Waals surface area contributed by atoms with Gasteiger partial charge in [0.05, 0.1) is 18.0 Å². The molecule has 22 heavy (non-hydrogen) atoms. The first kappa shape index (κ1) is 16.5. The van der Waals surface area contributed by atoms with Gasteiger partial charge in [0.2, 0.25) is 5.91 Å². The summed E-state index contributed by atoms with van der Waals surface area (Å²) in [6, 6.07) is 0.